The van der Waals surface area contributed by atoms with Gasteiger partial charge in [-0.05, 0) is 18.8 Å². The van der Waals surface area contributed by atoms with E-state index >= 15 is 0 Å². The Labute approximate surface area is 118 Å². The van der Waals surface area contributed by atoms with Crippen molar-refractivity contribution in [3.8, 4) is 0 Å². The van der Waals surface area contributed by atoms with Crippen molar-refractivity contribution in [2.75, 3.05) is 0 Å². The molecule has 5 heteroatoms. The third-order valence-electron chi connectivity index (χ3n) is 4.31. The zero-order chi connectivity index (χ0) is 13.9. The SMILES string of the molecule is [O-][NH+](O)c1cccc(C2=NOC(C3CCCCC3)C2)c1. The third-order valence-corrected chi connectivity index (χ3v) is 4.31. The van der Waals surface area contributed by atoms with E-state index in [1.807, 2.05) is 6.07 Å². The third kappa shape index (κ3) is 2.85. The van der Waals surface area contributed by atoms with Gasteiger partial charge in [0.25, 0.3) is 0 Å². The summed E-state index contributed by atoms with van der Waals surface area (Å²) >= 11 is 0. The highest BCUT2D eigenvalue weighted by atomic mass is 16.8. The van der Waals surface area contributed by atoms with Gasteiger partial charge in [0.05, 0.1) is 5.71 Å². The van der Waals surface area contributed by atoms with Gasteiger partial charge in [-0.3, -0.25) is 0 Å². The lowest BCUT2D eigenvalue weighted by Crippen LogP contribution is -2.99. The largest absolute Gasteiger partial charge is 0.595 e. The van der Waals surface area contributed by atoms with Crippen LogP contribution in [0.1, 0.15) is 44.1 Å². The summed E-state index contributed by atoms with van der Waals surface area (Å²) in [5.41, 5.74) is 2.04. The van der Waals surface area contributed by atoms with Crippen LogP contribution >= 0.6 is 0 Å². The summed E-state index contributed by atoms with van der Waals surface area (Å²) in [6.07, 6.45) is 7.33. The average Bonchev–Trinajstić information content (AvgIpc) is 2.98. The molecule has 0 radical (unpaired) electrons. The van der Waals surface area contributed by atoms with Crippen molar-refractivity contribution < 1.29 is 15.3 Å². The van der Waals surface area contributed by atoms with E-state index < -0.39 is 5.23 Å². The fraction of sp³-hybridized carbons (Fsp3) is 0.533. The van der Waals surface area contributed by atoms with Crippen LogP contribution in [-0.2, 0) is 4.84 Å². The maximum atomic E-state index is 11.0. The van der Waals surface area contributed by atoms with E-state index in [0.717, 1.165) is 17.7 Å². The molecule has 108 valence electrons. The van der Waals surface area contributed by atoms with E-state index in [1.54, 1.807) is 18.2 Å². The molecule has 1 saturated carbocycles. The fourth-order valence-electron chi connectivity index (χ4n) is 3.16. The normalized spacial score (nSPS) is 25.1. The molecule has 20 heavy (non-hydrogen) atoms. The molecular formula is C15H20N2O3. The molecule has 0 amide bonds. The van der Waals surface area contributed by atoms with Crippen molar-refractivity contribution in [3.05, 3.63) is 35.0 Å². The molecule has 2 atom stereocenters. The predicted molar refractivity (Wildman–Crippen MR) is 74.8 cm³/mol. The number of hydrogen-bond donors (Lipinski definition) is 2. The Balaban J connectivity index is 1.68. The van der Waals surface area contributed by atoms with Crippen LogP contribution in [0.15, 0.2) is 29.4 Å². The van der Waals surface area contributed by atoms with Gasteiger partial charge >= 0.3 is 0 Å². The first kappa shape index (κ1) is 13.5. The topological polar surface area (TPSA) is 69.3 Å². The van der Waals surface area contributed by atoms with Gasteiger partial charge in [0.1, 0.15) is 6.10 Å². The lowest BCUT2D eigenvalue weighted by Gasteiger charge is -2.25. The molecule has 1 aromatic carbocycles. The number of benzene rings is 1. The van der Waals surface area contributed by atoms with Crippen LogP contribution in [0.4, 0.5) is 5.69 Å². The molecule has 0 bridgehead atoms. The highest BCUT2D eigenvalue weighted by Gasteiger charge is 2.31. The van der Waals surface area contributed by atoms with E-state index in [-0.39, 0.29) is 6.10 Å². The van der Waals surface area contributed by atoms with E-state index in [0.29, 0.717) is 11.6 Å². The smallest absolute Gasteiger partial charge is 0.164 e. The van der Waals surface area contributed by atoms with Gasteiger partial charge in [0.2, 0.25) is 0 Å². The van der Waals surface area contributed by atoms with Gasteiger partial charge < -0.3 is 10.0 Å². The van der Waals surface area contributed by atoms with Crippen molar-refractivity contribution in [3.63, 3.8) is 0 Å². The predicted octanol–water partition coefficient (Wildman–Crippen LogP) is 2.16. The summed E-state index contributed by atoms with van der Waals surface area (Å²) in [6, 6.07) is 6.93. The molecule has 2 aliphatic rings. The number of oxime groups is 1. The maximum Gasteiger partial charge on any atom is 0.164 e. The van der Waals surface area contributed by atoms with E-state index in [9.17, 15) is 5.21 Å². The quantitative estimate of drug-likeness (QED) is 0.831. The first-order chi connectivity index (χ1) is 9.74. The molecule has 1 heterocycles. The van der Waals surface area contributed by atoms with Gasteiger partial charge in [-0.2, -0.15) is 5.23 Å². The maximum absolute atomic E-state index is 11.0. The molecule has 1 aromatic rings. The number of nitrogens with one attached hydrogen (secondary N) is 1. The highest BCUT2D eigenvalue weighted by molar-refractivity contribution is 6.01. The van der Waals surface area contributed by atoms with Crippen LogP contribution in [-0.4, -0.2) is 17.0 Å². The van der Waals surface area contributed by atoms with Crippen LogP contribution in [0.2, 0.25) is 0 Å². The molecule has 1 aliphatic heterocycles. The van der Waals surface area contributed by atoms with Crippen LogP contribution in [0.5, 0.6) is 0 Å². The Hall–Kier alpha value is -1.43. The fourth-order valence-corrected chi connectivity index (χ4v) is 3.16. The first-order valence-corrected chi connectivity index (χ1v) is 7.30. The Morgan fingerprint density at radius 2 is 2.05 bits per heavy atom. The lowest BCUT2D eigenvalue weighted by atomic mass is 9.83. The Morgan fingerprint density at radius 1 is 1.25 bits per heavy atom. The molecule has 5 nitrogen and oxygen atoms in total. The minimum Gasteiger partial charge on any atom is -0.595 e. The zero-order valence-electron chi connectivity index (χ0n) is 11.4. The van der Waals surface area contributed by atoms with E-state index in [4.69, 9.17) is 10.0 Å². The van der Waals surface area contributed by atoms with Gasteiger partial charge in [-0.25, -0.2) is 5.21 Å². The second-order valence-corrected chi connectivity index (χ2v) is 5.67. The molecule has 2 N–H and O–H groups in total. The number of nitrogens with zero attached hydrogens (tertiary/aromatic N) is 1. The Bertz CT molecular complexity index is 496. The monoisotopic (exact) mass is 276 g/mol. The molecule has 3 rings (SSSR count). The summed E-state index contributed by atoms with van der Waals surface area (Å²) in [6.45, 7) is 0. The van der Waals surface area contributed by atoms with Crippen molar-refractivity contribution in [1.82, 2.24) is 0 Å². The Morgan fingerprint density at radius 3 is 2.80 bits per heavy atom. The van der Waals surface area contributed by atoms with Crippen LogP contribution in [0.3, 0.4) is 0 Å². The van der Waals surface area contributed by atoms with Gasteiger partial charge in [0, 0.05) is 24.1 Å². The lowest BCUT2D eigenvalue weighted by molar-refractivity contribution is -0.991. The summed E-state index contributed by atoms with van der Waals surface area (Å²) < 4.78 is 0. The summed E-state index contributed by atoms with van der Waals surface area (Å²) in [4.78, 5) is 5.60. The second-order valence-electron chi connectivity index (χ2n) is 5.67. The standard InChI is InChI=1S/C15H20N2O3/c18-17(19)13-8-4-7-12(9-13)14-10-15(20-16-14)11-5-2-1-3-6-11/h4,7-9,11,15,17-18H,1-3,5-6,10H2. The van der Waals surface area contributed by atoms with Crippen molar-refractivity contribution in [1.29, 1.82) is 0 Å². The minimum atomic E-state index is -0.907. The molecule has 1 aliphatic carbocycles. The molecule has 2 unspecified atom stereocenters. The number of quaternary nitrogens is 1. The first-order valence-electron chi connectivity index (χ1n) is 7.30. The van der Waals surface area contributed by atoms with E-state index in [1.165, 1.54) is 32.1 Å². The molecule has 0 saturated heterocycles. The van der Waals surface area contributed by atoms with Gasteiger partial charge in [0.15, 0.2) is 5.69 Å². The van der Waals surface area contributed by atoms with Gasteiger partial charge in [-0.15, -0.1) is 0 Å². The summed E-state index contributed by atoms with van der Waals surface area (Å²) in [7, 11) is 0. The van der Waals surface area contributed by atoms with Crippen LogP contribution < -0.4 is 5.23 Å². The van der Waals surface area contributed by atoms with Gasteiger partial charge in [-0.1, -0.05) is 36.6 Å². The zero-order valence-corrected chi connectivity index (χ0v) is 11.4. The van der Waals surface area contributed by atoms with Crippen molar-refractivity contribution in [2.45, 2.75) is 44.6 Å². The highest BCUT2D eigenvalue weighted by Crippen LogP contribution is 2.33. The average molecular weight is 276 g/mol. The molecular weight excluding hydrogens is 256 g/mol. The number of rotatable bonds is 3. The summed E-state index contributed by atoms with van der Waals surface area (Å²) in [5, 5.41) is 23.3. The van der Waals surface area contributed by atoms with Crippen LogP contribution in [0, 0.1) is 11.1 Å². The second kappa shape index (κ2) is 5.91. The van der Waals surface area contributed by atoms with Crippen molar-refractivity contribution >= 4 is 11.4 Å². The molecule has 1 fully saturated rings. The molecule has 0 aromatic heterocycles. The minimum absolute atomic E-state index is 0.179. The summed E-state index contributed by atoms with van der Waals surface area (Å²) in [5.74, 6) is 0.604. The van der Waals surface area contributed by atoms with Crippen LogP contribution in [0.25, 0.3) is 0 Å². The molecule has 0 spiro atoms. The Kier molecular flexibility index (Phi) is 4.00. The number of hydrogen-bond acceptors (Lipinski definition) is 4. The van der Waals surface area contributed by atoms with Crippen molar-refractivity contribution in [2.24, 2.45) is 11.1 Å². The van der Waals surface area contributed by atoms with E-state index in [2.05, 4.69) is 5.16 Å².